The maximum Gasteiger partial charge on any atom is 0.0201 e. The van der Waals surface area contributed by atoms with Crippen molar-refractivity contribution in [1.82, 2.24) is 5.32 Å². The van der Waals surface area contributed by atoms with Crippen molar-refractivity contribution < 1.29 is 0 Å². The lowest BCUT2D eigenvalue weighted by Crippen LogP contribution is -2.36. The van der Waals surface area contributed by atoms with Crippen LogP contribution in [0.1, 0.15) is 53.4 Å². The van der Waals surface area contributed by atoms with Gasteiger partial charge in [0.2, 0.25) is 0 Å². The summed E-state index contributed by atoms with van der Waals surface area (Å²) in [6.45, 7) is 9.19. The number of thioether (sulfide) groups is 1. The van der Waals surface area contributed by atoms with Crippen LogP contribution in [-0.4, -0.2) is 23.6 Å². The highest BCUT2D eigenvalue weighted by atomic mass is 32.2. The number of hydrogen-bond acceptors (Lipinski definition) is 2. The average Bonchev–Trinajstić information content (AvgIpc) is 2.22. The monoisotopic (exact) mass is 217 g/mol. The molecule has 86 valence electrons. The topological polar surface area (TPSA) is 12.0 Å². The van der Waals surface area contributed by atoms with E-state index in [4.69, 9.17) is 0 Å². The van der Waals surface area contributed by atoms with E-state index in [2.05, 4.69) is 51.8 Å². The lowest BCUT2D eigenvalue weighted by molar-refractivity contribution is 0.489. The first-order valence-corrected chi connectivity index (χ1v) is 6.96. The van der Waals surface area contributed by atoms with Crippen LogP contribution in [0.15, 0.2) is 0 Å². The summed E-state index contributed by atoms with van der Waals surface area (Å²) in [6.07, 6.45) is 5.14. The molecule has 0 spiro atoms. The molecule has 2 heteroatoms. The van der Waals surface area contributed by atoms with E-state index in [1.807, 2.05) is 0 Å². The minimum atomic E-state index is 0.698. The van der Waals surface area contributed by atoms with Crippen LogP contribution in [0.4, 0.5) is 0 Å². The third-order valence-corrected chi connectivity index (χ3v) is 4.61. The predicted octanol–water partition coefficient (Wildman–Crippen LogP) is 3.68. The third kappa shape index (κ3) is 5.26. The lowest BCUT2D eigenvalue weighted by Gasteiger charge is -2.27. The smallest absolute Gasteiger partial charge is 0.0201 e. The molecule has 0 aliphatic carbocycles. The molecule has 0 saturated heterocycles. The van der Waals surface area contributed by atoms with Gasteiger partial charge >= 0.3 is 0 Å². The van der Waals surface area contributed by atoms with Gasteiger partial charge in [0.15, 0.2) is 0 Å². The Morgan fingerprint density at radius 3 is 2.14 bits per heavy atom. The van der Waals surface area contributed by atoms with E-state index < -0.39 is 0 Å². The molecule has 0 bridgehead atoms. The van der Waals surface area contributed by atoms with Crippen LogP contribution in [-0.2, 0) is 0 Å². The van der Waals surface area contributed by atoms with E-state index >= 15 is 0 Å². The predicted molar refractivity (Wildman–Crippen MR) is 69.2 cm³/mol. The summed E-state index contributed by atoms with van der Waals surface area (Å²) in [4.78, 5) is 0. The summed E-state index contributed by atoms with van der Waals surface area (Å²) in [5.74, 6) is 0. The van der Waals surface area contributed by atoms with Crippen molar-refractivity contribution in [2.45, 2.75) is 69.9 Å². The van der Waals surface area contributed by atoms with Crippen LogP contribution < -0.4 is 5.32 Å². The first-order valence-electron chi connectivity index (χ1n) is 6.02. The SMILES string of the molecule is CCCC(NC)C(CC)SC(C)CC. The zero-order valence-electron chi connectivity index (χ0n) is 10.5. The zero-order chi connectivity index (χ0) is 11.0. The molecule has 0 rings (SSSR count). The van der Waals surface area contributed by atoms with Gasteiger partial charge in [0, 0.05) is 16.5 Å². The zero-order valence-corrected chi connectivity index (χ0v) is 11.3. The Bertz CT molecular complexity index is 127. The van der Waals surface area contributed by atoms with E-state index in [0.29, 0.717) is 6.04 Å². The fourth-order valence-corrected chi connectivity index (χ4v) is 3.14. The van der Waals surface area contributed by atoms with Gasteiger partial charge in [-0.1, -0.05) is 34.1 Å². The largest absolute Gasteiger partial charge is 0.316 e. The van der Waals surface area contributed by atoms with E-state index in [-0.39, 0.29) is 0 Å². The van der Waals surface area contributed by atoms with Crippen molar-refractivity contribution in [3.05, 3.63) is 0 Å². The average molecular weight is 217 g/mol. The van der Waals surface area contributed by atoms with Crippen LogP contribution in [0.5, 0.6) is 0 Å². The van der Waals surface area contributed by atoms with Crippen LogP contribution in [0.2, 0.25) is 0 Å². The normalized spacial score (nSPS) is 17.8. The van der Waals surface area contributed by atoms with Crippen LogP contribution in [0, 0.1) is 0 Å². The van der Waals surface area contributed by atoms with Crippen molar-refractivity contribution in [1.29, 1.82) is 0 Å². The second-order valence-electron chi connectivity index (χ2n) is 3.99. The van der Waals surface area contributed by atoms with Gasteiger partial charge < -0.3 is 5.32 Å². The van der Waals surface area contributed by atoms with Crippen molar-refractivity contribution in [2.24, 2.45) is 0 Å². The van der Waals surface area contributed by atoms with Crippen LogP contribution >= 0.6 is 11.8 Å². The highest BCUT2D eigenvalue weighted by Crippen LogP contribution is 2.26. The molecule has 3 unspecified atom stereocenters. The highest BCUT2D eigenvalue weighted by molar-refractivity contribution is 8.00. The van der Waals surface area contributed by atoms with Gasteiger partial charge in [0.1, 0.15) is 0 Å². The second-order valence-corrected chi connectivity index (χ2v) is 5.67. The van der Waals surface area contributed by atoms with Crippen LogP contribution in [0.3, 0.4) is 0 Å². The Morgan fingerprint density at radius 2 is 1.79 bits per heavy atom. The quantitative estimate of drug-likeness (QED) is 0.665. The summed E-state index contributed by atoms with van der Waals surface area (Å²) >= 11 is 2.15. The molecule has 0 aliphatic rings. The lowest BCUT2D eigenvalue weighted by atomic mass is 10.1. The Morgan fingerprint density at radius 1 is 1.14 bits per heavy atom. The van der Waals surface area contributed by atoms with Crippen LogP contribution in [0.25, 0.3) is 0 Å². The van der Waals surface area contributed by atoms with Crippen molar-refractivity contribution in [3.63, 3.8) is 0 Å². The van der Waals surface area contributed by atoms with E-state index in [0.717, 1.165) is 10.5 Å². The van der Waals surface area contributed by atoms with E-state index in [9.17, 15) is 0 Å². The standard InChI is InChI=1S/C12H27NS/c1-6-9-11(13-5)12(8-3)14-10(4)7-2/h10-13H,6-9H2,1-5H3. The fourth-order valence-electron chi connectivity index (χ4n) is 1.70. The van der Waals surface area contributed by atoms with Gasteiger partial charge in [0.05, 0.1) is 0 Å². The maximum atomic E-state index is 3.46. The number of hydrogen-bond donors (Lipinski definition) is 1. The van der Waals surface area contributed by atoms with Gasteiger partial charge in [-0.2, -0.15) is 11.8 Å². The number of rotatable bonds is 8. The van der Waals surface area contributed by atoms with Gasteiger partial charge in [-0.3, -0.25) is 0 Å². The fraction of sp³-hybridized carbons (Fsp3) is 1.00. The second kappa shape index (κ2) is 8.60. The van der Waals surface area contributed by atoms with Crippen molar-refractivity contribution in [2.75, 3.05) is 7.05 Å². The molecular formula is C12H27NS. The molecular weight excluding hydrogens is 190 g/mol. The van der Waals surface area contributed by atoms with E-state index in [1.165, 1.54) is 25.7 Å². The molecule has 1 N–H and O–H groups in total. The van der Waals surface area contributed by atoms with E-state index in [1.54, 1.807) is 0 Å². The summed E-state index contributed by atoms with van der Waals surface area (Å²) in [7, 11) is 2.10. The molecule has 0 aliphatic heterocycles. The molecule has 3 atom stereocenters. The van der Waals surface area contributed by atoms with Gasteiger partial charge in [0.25, 0.3) is 0 Å². The number of nitrogens with one attached hydrogen (secondary N) is 1. The molecule has 0 fully saturated rings. The molecule has 0 aromatic carbocycles. The Kier molecular flexibility index (Phi) is 8.80. The summed E-state index contributed by atoms with van der Waals surface area (Å²) in [5.41, 5.74) is 0. The Labute approximate surface area is 94.4 Å². The summed E-state index contributed by atoms with van der Waals surface area (Å²) in [6, 6.07) is 0.698. The summed E-state index contributed by atoms with van der Waals surface area (Å²) in [5, 5.41) is 5.05. The molecule has 14 heavy (non-hydrogen) atoms. The molecule has 1 nitrogen and oxygen atoms in total. The molecule has 0 amide bonds. The van der Waals surface area contributed by atoms with Gasteiger partial charge in [-0.25, -0.2) is 0 Å². The minimum Gasteiger partial charge on any atom is -0.316 e. The maximum absolute atomic E-state index is 3.46. The Hall–Kier alpha value is 0.310. The highest BCUT2D eigenvalue weighted by Gasteiger charge is 2.19. The third-order valence-electron chi connectivity index (χ3n) is 2.80. The van der Waals surface area contributed by atoms with Crippen molar-refractivity contribution >= 4 is 11.8 Å². The first-order chi connectivity index (χ1) is 6.69. The molecule has 0 aromatic rings. The van der Waals surface area contributed by atoms with Crippen molar-refractivity contribution in [3.8, 4) is 0 Å². The first kappa shape index (κ1) is 14.3. The molecule has 0 heterocycles. The molecule has 0 radical (unpaired) electrons. The Balaban J connectivity index is 4.06. The summed E-state index contributed by atoms with van der Waals surface area (Å²) < 4.78 is 0. The van der Waals surface area contributed by atoms with Gasteiger partial charge in [-0.15, -0.1) is 0 Å². The molecule has 0 saturated carbocycles. The molecule has 0 aromatic heterocycles. The minimum absolute atomic E-state index is 0.698. The van der Waals surface area contributed by atoms with Gasteiger partial charge in [-0.05, 0) is 26.3 Å².